The van der Waals surface area contributed by atoms with Crippen LogP contribution in [0.4, 0.5) is 0 Å². The SMILES string of the molecule is CCc1cc(C)cc(C)c1C1C(=O)CC(=CC2CCOCC2)C1=O. The summed E-state index contributed by atoms with van der Waals surface area (Å²) in [7, 11) is 0. The van der Waals surface area contributed by atoms with E-state index in [2.05, 4.69) is 32.1 Å². The van der Waals surface area contributed by atoms with Crippen molar-refractivity contribution >= 4 is 11.6 Å². The van der Waals surface area contributed by atoms with E-state index >= 15 is 0 Å². The second-order valence-corrected chi connectivity index (χ2v) is 7.09. The quantitative estimate of drug-likeness (QED) is 0.626. The summed E-state index contributed by atoms with van der Waals surface area (Å²) in [5.74, 6) is -0.145. The van der Waals surface area contributed by atoms with Gasteiger partial charge in [-0.15, -0.1) is 0 Å². The molecule has 1 atom stereocenters. The molecular formula is C21H26O3. The van der Waals surface area contributed by atoms with Gasteiger partial charge in [0, 0.05) is 19.6 Å². The van der Waals surface area contributed by atoms with E-state index in [1.807, 2.05) is 6.92 Å². The zero-order chi connectivity index (χ0) is 17.3. The largest absolute Gasteiger partial charge is 0.381 e. The summed E-state index contributed by atoms with van der Waals surface area (Å²) in [4.78, 5) is 25.6. The summed E-state index contributed by atoms with van der Waals surface area (Å²) in [5, 5.41) is 0. The molecule has 3 heteroatoms. The predicted octanol–water partition coefficient (Wildman–Crippen LogP) is 3.84. The van der Waals surface area contributed by atoms with E-state index < -0.39 is 5.92 Å². The average Bonchev–Trinajstić information content (AvgIpc) is 2.82. The number of ether oxygens (including phenoxy) is 1. The van der Waals surface area contributed by atoms with Crippen LogP contribution >= 0.6 is 0 Å². The Morgan fingerprint density at radius 2 is 1.88 bits per heavy atom. The van der Waals surface area contributed by atoms with Gasteiger partial charge in [0.2, 0.25) is 0 Å². The molecule has 0 aromatic heterocycles. The van der Waals surface area contributed by atoms with Gasteiger partial charge >= 0.3 is 0 Å². The molecule has 1 saturated heterocycles. The predicted molar refractivity (Wildman–Crippen MR) is 94.3 cm³/mol. The van der Waals surface area contributed by atoms with Gasteiger partial charge in [0.15, 0.2) is 11.6 Å². The third-order valence-corrected chi connectivity index (χ3v) is 5.25. The Kier molecular flexibility index (Phi) is 5.00. The second-order valence-electron chi connectivity index (χ2n) is 7.09. The van der Waals surface area contributed by atoms with Crippen LogP contribution < -0.4 is 0 Å². The van der Waals surface area contributed by atoms with Crippen molar-refractivity contribution < 1.29 is 14.3 Å². The smallest absolute Gasteiger partial charge is 0.173 e. The van der Waals surface area contributed by atoms with Gasteiger partial charge in [-0.05, 0) is 61.3 Å². The molecular weight excluding hydrogens is 300 g/mol. The number of rotatable bonds is 3. The molecule has 0 radical (unpaired) electrons. The van der Waals surface area contributed by atoms with Crippen molar-refractivity contribution in [1.29, 1.82) is 0 Å². The molecule has 3 rings (SSSR count). The fraction of sp³-hybridized carbons (Fsp3) is 0.524. The minimum Gasteiger partial charge on any atom is -0.381 e. The fourth-order valence-corrected chi connectivity index (χ4v) is 4.08. The number of ketones is 2. The zero-order valence-electron chi connectivity index (χ0n) is 14.9. The molecule has 0 amide bonds. The number of hydrogen-bond donors (Lipinski definition) is 0. The van der Waals surface area contributed by atoms with E-state index in [1.54, 1.807) is 0 Å². The van der Waals surface area contributed by atoms with Gasteiger partial charge in [-0.2, -0.15) is 0 Å². The van der Waals surface area contributed by atoms with Crippen molar-refractivity contribution in [1.82, 2.24) is 0 Å². The van der Waals surface area contributed by atoms with Gasteiger partial charge < -0.3 is 4.74 Å². The Morgan fingerprint density at radius 3 is 2.54 bits per heavy atom. The summed E-state index contributed by atoms with van der Waals surface area (Å²) in [6.45, 7) is 7.65. The number of carbonyl (C=O) groups is 2. The molecule has 1 aliphatic carbocycles. The molecule has 1 saturated carbocycles. The standard InChI is InChI=1S/C21H26O3/c1-4-16-10-13(2)9-14(3)19(16)20-18(22)12-17(21(20)23)11-15-5-7-24-8-6-15/h9-11,15,20H,4-8,12H2,1-3H3. The van der Waals surface area contributed by atoms with Crippen LogP contribution in [-0.4, -0.2) is 24.8 Å². The Labute approximate surface area is 144 Å². The van der Waals surface area contributed by atoms with Crippen molar-refractivity contribution in [3.8, 4) is 0 Å². The highest BCUT2D eigenvalue weighted by molar-refractivity contribution is 6.23. The monoisotopic (exact) mass is 326 g/mol. The first-order valence-electron chi connectivity index (χ1n) is 8.96. The van der Waals surface area contributed by atoms with Crippen molar-refractivity contribution in [3.63, 3.8) is 0 Å². The molecule has 0 N–H and O–H groups in total. The van der Waals surface area contributed by atoms with Crippen LogP contribution in [0.5, 0.6) is 0 Å². The molecule has 3 nitrogen and oxygen atoms in total. The second kappa shape index (κ2) is 7.02. The molecule has 1 aromatic rings. The molecule has 1 aromatic carbocycles. The number of carbonyl (C=O) groups excluding carboxylic acids is 2. The third kappa shape index (κ3) is 3.23. The van der Waals surface area contributed by atoms with Gasteiger partial charge in [0.05, 0.1) is 0 Å². The summed E-state index contributed by atoms with van der Waals surface area (Å²) >= 11 is 0. The van der Waals surface area contributed by atoms with E-state index in [0.29, 0.717) is 5.92 Å². The van der Waals surface area contributed by atoms with Gasteiger partial charge in [0.1, 0.15) is 5.92 Å². The van der Waals surface area contributed by atoms with Crippen molar-refractivity contribution in [2.24, 2.45) is 5.92 Å². The minimum atomic E-state index is -0.591. The highest BCUT2D eigenvalue weighted by Gasteiger charge is 2.40. The number of allylic oxidation sites excluding steroid dienone is 2. The maximum absolute atomic E-state index is 13.0. The van der Waals surface area contributed by atoms with E-state index in [4.69, 9.17) is 4.74 Å². The summed E-state index contributed by atoms with van der Waals surface area (Å²) in [6, 6.07) is 4.19. The topological polar surface area (TPSA) is 43.4 Å². The van der Waals surface area contributed by atoms with Crippen LogP contribution in [0, 0.1) is 19.8 Å². The number of hydrogen-bond acceptors (Lipinski definition) is 3. The first kappa shape index (κ1) is 17.1. The normalized spacial score (nSPS) is 24.1. The Balaban J connectivity index is 1.94. The lowest BCUT2D eigenvalue weighted by atomic mass is 9.85. The third-order valence-electron chi connectivity index (χ3n) is 5.25. The Morgan fingerprint density at radius 1 is 1.17 bits per heavy atom. The lowest BCUT2D eigenvalue weighted by molar-refractivity contribution is -0.123. The molecule has 2 fully saturated rings. The lowest BCUT2D eigenvalue weighted by Crippen LogP contribution is -2.17. The summed E-state index contributed by atoms with van der Waals surface area (Å²) in [6.07, 6.45) is 5.07. The minimum absolute atomic E-state index is 0.0214. The molecule has 0 spiro atoms. The van der Waals surface area contributed by atoms with Crippen LogP contribution in [0.25, 0.3) is 0 Å². The summed E-state index contributed by atoms with van der Waals surface area (Å²) < 4.78 is 5.38. The molecule has 1 heterocycles. The first-order chi connectivity index (χ1) is 11.5. The maximum Gasteiger partial charge on any atom is 0.173 e. The molecule has 1 unspecified atom stereocenters. The van der Waals surface area contributed by atoms with Gasteiger partial charge in [-0.25, -0.2) is 0 Å². The van der Waals surface area contributed by atoms with E-state index in [-0.39, 0.29) is 18.0 Å². The van der Waals surface area contributed by atoms with Crippen molar-refractivity contribution in [3.05, 3.63) is 46.0 Å². The molecule has 128 valence electrons. The van der Waals surface area contributed by atoms with Crippen LogP contribution in [0.1, 0.15) is 54.4 Å². The van der Waals surface area contributed by atoms with Crippen molar-refractivity contribution in [2.45, 2.75) is 52.4 Å². The van der Waals surface area contributed by atoms with E-state index in [9.17, 15) is 9.59 Å². The molecule has 0 bridgehead atoms. The van der Waals surface area contributed by atoms with Crippen LogP contribution in [0.15, 0.2) is 23.8 Å². The maximum atomic E-state index is 13.0. The van der Waals surface area contributed by atoms with Crippen LogP contribution in [0.3, 0.4) is 0 Å². The van der Waals surface area contributed by atoms with Gasteiger partial charge in [0.25, 0.3) is 0 Å². The molecule has 1 aliphatic heterocycles. The van der Waals surface area contributed by atoms with Crippen LogP contribution in [0.2, 0.25) is 0 Å². The summed E-state index contributed by atoms with van der Waals surface area (Å²) in [5.41, 5.74) is 5.05. The van der Waals surface area contributed by atoms with Gasteiger partial charge in [-0.3, -0.25) is 9.59 Å². The Hall–Kier alpha value is -1.74. The van der Waals surface area contributed by atoms with E-state index in [1.165, 1.54) is 5.56 Å². The average molecular weight is 326 g/mol. The Bertz CT molecular complexity index is 693. The first-order valence-corrected chi connectivity index (χ1v) is 8.96. The zero-order valence-corrected chi connectivity index (χ0v) is 14.9. The molecule has 2 aliphatic rings. The molecule has 24 heavy (non-hydrogen) atoms. The fourth-order valence-electron chi connectivity index (χ4n) is 4.08. The number of benzene rings is 1. The van der Waals surface area contributed by atoms with Gasteiger partial charge in [-0.1, -0.05) is 30.7 Å². The number of aryl methyl sites for hydroxylation is 3. The number of Topliss-reactive ketones (excluding diaryl/α,β-unsaturated/α-hetero) is 2. The van der Waals surface area contributed by atoms with Crippen LogP contribution in [-0.2, 0) is 20.7 Å². The highest BCUT2D eigenvalue weighted by atomic mass is 16.5. The lowest BCUT2D eigenvalue weighted by Gasteiger charge is -2.19. The highest BCUT2D eigenvalue weighted by Crippen LogP contribution is 2.37. The van der Waals surface area contributed by atoms with Crippen molar-refractivity contribution in [2.75, 3.05) is 13.2 Å². The van der Waals surface area contributed by atoms with E-state index in [0.717, 1.165) is 54.7 Å².